The molecule has 1 unspecified atom stereocenters. The van der Waals surface area contributed by atoms with Gasteiger partial charge in [0.25, 0.3) is 0 Å². The molecular formula is C20H30N2O3S. The molecule has 0 aliphatic carbocycles. The number of nitrogens with zero attached hydrogens (tertiary/aromatic N) is 2. The summed E-state index contributed by atoms with van der Waals surface area (Å²) in [6, 6.07) is 5.27. The van der Waals surface area contributed by atoms with Crippen molar-refractivity contribution in [1.29, 1.82) is 0 Å². The molecule has 0 radical (unpaired) electrons. The molecule has 1 saturated heterocycles. The monoisotopic (exact) mass is 378 g/mol. The quantitative estimate of drug-likeness (QED) is 0.760. The van der Waals surface area contributed by atoms with E-state index in [1.807, 2.05) is 11.0 Å². The lowest BCUT2D eigenvalue weighted by atomic mass is 10.0. The number of anilines is 1. The fraction of sp³-hybridized carbons (Fsp3) is 0.650. The zero-order valence-corrected chi connectivity index (χ0v) is 16.7. The Morgan fingerprint density at radius 1 is 1.15 bits per heavy atom. The lowest BCUT2D eigenvalue weighted by molar-refractivity contribution is -0.119. The fourth-order valence-corrected chi connectivity index (χ4v) is 5.62. The first-order valence-corrected chi connectivity index (χ1v) is 11.3. The van der Waals surface area contributed by atoms with Gasteiger partial charge in [0.1, 0.15) is 0 Å². The van der Waals surface area contributed by atoms with Gasteiger partial charge in [0.15, 0.2) is 0 Å². The van der Waals surface area contributed by atoms with Crippen LogP contribution in [-0.2, 0) is 21.2 Å². The van der Waals surface area contributed by atoms with E-state index in [0.29, 0.717) is 36.9 Å². The highest BCUT2D eigenvalue weighted by atomic mass is 32.2. The number of sulfonamides is 1. The molecule has 0 bridgehead atoms. The van der Waals surface area contributed by atoms with Gasteiger partial charge < -0.3 is 4.90 Å². The largest absolute Gasteiger partial charge is 0.312 e. The Morgan fingerprint density at radius 2 is 1.88 bits per heavy atom. The minimum atomic E-state index is -3.42. The highest BCUT2D eigenvalue weighted by Crippen LogP contribution is 2.32. The Bertz CT molecular complexity index is 754. The highest BCUT2D eigenvalue weighted by molar-refractivity contribution is 7.89. The molecule has 5 nitrogen and oxygen atoms in total. The number of carbonyl (C=O) groups excluding carboxylic acids is 1. The number of rotatable bonds is 6. The average Bonchev–Trinajstić information content (AvgIpc) is 3.06. The van der Waals surface area contributed by atoms with E-state index in [1.165, 1.54) is 0 Å². The molecule has 0 aromatic heterocycles. The van der Waals surface area contributed by atoms with Crippen LogP contribution in [0.2, 0.25) is 0 Å². The number of benzene rings is 1. The third-order valence-electron chi connectivity index (χ3n) is 5.50. The van der Waals surface area contributed by atoms with E-state index in [1.54, 1.807) is 16.4 Å². The van der Waals surface area contributed by atoms with Crippen molar-refractivity contribution in [3.63, 3.8) is 0 Å². The van der Waals surface area contributed by atoms with E-state index < -0.39 is 10.0 Å². The smallest absolute Gasteiger partial charge is 0.243 e. The molecule has 144 valence electrons. The first-order chi connectivity index (χ1) is 12.4. The summed E-state index contributed by atoms with van der Waals surface area (Å²) >= 11 is 0. The Balaban J connectivity index is 1.77. The lowest BCUT2D eigenvalue weighted by Gasteiger charge is -2.26. The molecule has 2 heterocycles. The molecule has 1 amide bonds. The summed E-state index contributed by atoms with van der Waals surface area (Å²) in [7, 11) is -3.42. The molecule has 1 aromatic carbocycles. The number of carbonyl (C=O) groups is 1. The van der Waals surface area contributed by atoms with Crippen molar-refractivity contribution in [1.82, 2.24) is 4.31 Å². The van der Waals surface area contributed by atoms with Crippen LogP contribution in [0.1, 0.15) is 57.9 Å². The first-order valence-electron chi connectivity index (χ1n) is 9.87. The Hall–Kier alpha value is -1.40. The van der Waals surface area contributed by atoms with Crippen LogP contribution in [0.25, 0.3) is 0 Å². The van der Waals surface area contributed by atoms with Crippen LogP contribution in [-0.4, -0.2) is 38.3 Å². The van der Waals surface area contributed by atoms with E-state index in [4.69, 9.17) is 0 Å². The van der Waals surface area contributed by atoms with E-state index in [-0.39, 0.29) is 5.91 Å². The summed E-state index contributed by atoms with van der Waals surface area (Å²) in [5, 5.41) is 0. The van der Waals surface area contributed by atoms with E-state index in [9.17, 15) is 13.2 Å². The summed E-state index contributed by atoms with van der Waals surface area (Å²) < 4.78 is 27.3. The molecular weight excluding hydrogens is 348 g/mol. The van der Waals surface area contributed by atoms with Crippen molar-refractivity contribution in [2.24, 2.45) is 5.92 Å². The highest BCUT2D eigenvalue weighted by Gasteiger charge is 2.30. The molecule has 1 aromatic rings. The Morgan fingerprint density at radius 3 is 2.58 bits per heavy atom. The third kappa shape index (κ3) is 3.96. The third-order valence-corrected chi connectivity index (χ3v) is 7.40. The number of fused-ring (bicyclic) bond motifs is 1. The van der Waals surface area contributed by atoms with E-state index in [2.05, 4.69) is 13.8 Å². The minimum Gasteiger partial charge on any atom is -0.312 e. The minimum absolute atomic E-state index is 0.149. The lowest BCUT2D eigenvalue weighted by Crippen LogP contribution is -2.35. The van der Waals surface area contributed by atoms with Crippen molar-refractivity contribution in [3.05, 3.63) is 23.8 Å². The van der Waals surface area contributed by atoms with E-state index >= 15 is 0 Å². The molecule has 0 N–H and O–H groups in total. The van der Waals surface area contributed by atoms with Crippen LogP contribution in [0.4, 0.5) is 5.69 Å². The van der Waals surface area contributed by atoms with Gasteiger partial charge in [-0.05, 0) is 48.9 Å². The van der Waals surface area contributed by atoms with E-state index in [0.717, 1.165) is 49.8 Å². The molecule has 0 spiro atoms. The predicted octanol–water partition coefficient (Wildman–Crippen LogP) is 3.58. The second kappa shape index (κ2) is 8.09. The standard InChI is InChI=1S/C20H30N2O3S/c1-3-7-16(2)14-20(23)22-13-10-17-15-18(8-9-19(17)22)26(24,25)21-11-5-4-6-12-21/h8-9,15-16H,3-7,10-14H2,1-2H3. The van der Waals surface area contributed by atoms with Gasteiger partial charge in [-0.1, -0.05) is 33.1 Å². The second-order valence-electron chi connectivity index (χ2n) is 7.65. The second-order valence-corrected chi connectivity index (χ2v) is 9.59. The molecule has 1 fully saturated rings. The summed E-state index contributed by atoms with van der Waals surface area (Å²) in [4.78, 5) is 14.8. The van der Waals surface area contributed by atoms with Crippen molar-refractivity contribution >= 4 is 21.6 Å². The van der Waals surface area contributed by atoms with Crippen LogP contribution < -0.4 is 4.90 Å². The summed E-state index contributed by atoms with van der Waals surface area (Å²) in [6.45, 7) is 6.13. The fourth-order valence-electron chi connectivity index (χ4n) is 4.06. The van der Waals surface area contributed by atoms with Crippen LogP contribution >= 0.6 is 0 Å². The van der Waals surface area contributed by atoms with Crippen LogP contribution in [0, 0.1) is 5.92 Å². The van der Waals surface area contributed by atoms with Gasteiger partial charge in [-0.25, -0.2) is 8.42 Å². The normalized spacial score (nSPS) is 19.4. The van der Waals surface area contributed by atoms with Gasteiger partial charge >= 0.3 is 0 Å². The molecule has 26 heavy (non-hydrogen) atoms. The van der Waals surface area contributed by atoms with Crippen LogP contribution in [0.5, 0.6) is 0 Å². The molecule has 2 aliphatic heterocycles. The SMILES string of the molecule is CCCC(C)CC(=O)N1CCc2cc(S(=O)(=O)N3CCCCC3)ccc21. The first kappa shape index (κ1) is 19.4. The van der Waals surface area contributed by atoms with Gasteiger partial charge in [-0.15, -0.1) is 0 Å². The molecule has 6 heteroatoms. The number of piperidine rings is 1. The Kier molecular flexibility index (Phi) is 6.03. The van der Waals surface area contributed by atoms with Crippen LogP contribution in [0.3, 0.4) is 0 Å². The average molecular weight is 379 g/mol. The zero-order valence-electron chi connectivity index (χ0n) is 15.9. The maximum absolute atomic E-state index is 12.9. The molecule has 2 aliphatic rings. The summed E-state index contributed by atoms with van der Waals surface area (Å²) in [5.74, 6) is 0.534. The number of hydrogen-bond donors (Lipinski definition) is 0. The topological polar surface area (TPSA) is 57.7 Å². The van der Waals surface area contributed by atoms with Crippen molar-refractivity contribution in [2.45, 2.75) is 63.7 Å². The predicted molar refractivity (Wildman–Crippen MR) is 104 cm³/mol. The maximum atomic E-state index is 12.9. The van der Waals surface area contributed by atoms with Gasteiger partial charge in [0, 0.05) is 31.7 Å². The molecule has 1 atom stereocenters. The number of amides is 1. The zero-order chi connectivity index (χ0) is 18.7. The van der Waals surface area contributed by atoms with Gasteiger partial charge in [0.2, 0.25) is 15.9 Å². The maximum Gasteiger partial charge on any atom is 0.243 e. The van der Waals surface area contributed by atoms with Crippen molar-refractivity contribution in [2.75, 3.05) is 24.5 Å². The summed E-state index contributed by atoms with van der Waals surface area (Å²) in [5.41, 5.74) is 1.86. The number of hydrogen-bond acceptors (Lipinski definition) is 3. The van der Waals surface area contributed by atoms with Gasteiger partial charge in [-0.3, -0.25) is 4.79 Å². The van der Waals surface area contributed by atoms with Crippen LogP contribution in [0.15, 0.2) is 23.1 Å². The Labute approximate surface area is 157 Å². The molecule has 0 saturated carbocycles. The van der Waals surface area contributed by atoms with Gasteiger partial charge in [-0.2, -0.15) is 4.31 Å². The summed E-state index contributed by atoms with van der Waals surface area (Å²) in [6.07, 6.45) is 6.39. The van der Waals surface area contributed by atoms with Crippen molar-refractivity contribution in [3.8, 4) is 0 Å². The molecule has 3 rings (SSSR count). The van der Waals surface area contributed by atoms with Crippen molar-refractivity contribution < 1.29 is 13.2 Å². The van der Waals surface area contributed by atoms with Gasteiger partial charge in [0.05, 0.1) is 4.90 Å².